The van der Waals surface area contributed by atoms with Crippen LogP contribution in [0.5, 0.6) is 11.5 Å². The number of carbonyl (C=O) groups excluding carboxylic acids is 2. The van der Waals surface area contributed by atoms with Crippen molar-refractivity contribution in [3.8, 4) is 11.5 Å². The Kier molecular flexibility index (Phi) is 7.88. The Labute approximate surface area is 166 Å². The molecule has 0 saturated carbocycles. The highest BCUT2D eigenvalue weighted by Crippen LogP contribution is 2.31. The van der Waals surface area contributed by atoms with E-state index in [0.29, 0.717) is 18.1 Å². The van der Waals surface area contributed by atoms with Gasteiger partial charge in [-0.3, -0.25) is 9.59 Å². The smallest absolute Gasteiger partial charge is 0.417 e. The molecule has 0 atom stereocenters. The highest BCUT2D eigenvalue weighted by molar-refractivity contribution is 5.95. The molecule has 2 aromatic carbocycles. The number of alkyl halides is 3. The van der Waals surface area contributed by atoms with Gasteiger partial charge in [-0.25, -0.2) is 0 Å². The second-order valence-electron chi connectivity index (χ2n) is 5.84. The maximum Gasteiger partial charge on any atom is 0.417 e. The van der Waals surface area contributed by atoms with Gasteiger partial charge in [-0.2, -0.15) is 13.2 Å². The highest BCUT2D eigenvalue weighted by Gasteiger charge is 2.34. The summed E-state index contributed by atoms with van der Waals surface area (Å²) in [5.74, 6) is -0.116. The van der Waals surface area contributed by atoms with Gasteiger partial charge in [0.15, 0.2) is 6.61 Å². The molecule has 0 radical (unpaired) electrons. The van der Waals surface area contributed by atoms with Crippen molar-refractivity contribution in [1.82, 2.24) is 10.6 Å². The fraction of sp³-hybridized carbons (Fsp3) is 0.300. The number of hydrogen-bond acceptors (Lipinski definition) is 4. The maximum atomic E-state index is 12.9. The molecule has 0 aliphatic heterocycles. The van der Waals surface area contributed by atoms with Crippen molar-refractivity contribution in [2.75, 3.05) is 26.3 Å². The van der Waals surface area contributed by atoms with Crippen molar-refractivity contribution in [2.45, 2.75) is 13.1 Å². The Morgan fingerprint density at radius 1 is 0.897 bits per heavy atom. The molecule has 0 fully saturated rings. The van der Waals surface area contributed by atoms with Crippen LogP contribution in [0.4, 0.5) is 13.2 Å². The van der Waals surface area contributed by atoms with Gasteiger partial charge in [-0.15, -0.1) is 0 Å². The lowest BCUT2D eigenvalue weighted by molar-refractivity contribution is -0.138. The van der Waals surface area contributed by atoms with Crippen LogP contribution in [0.2, 0.25) is 0 Å². The van der Waals surface area contributed by atoms with Gasteiger partial charge >= 0.3 is 6.18 Å². The summed E-state index contributed by atoms with van der Waals surface area (Å²) in [6.07, 6.45) is -4.62. The van der Waals surface area contributed by atoms with E-state index in [1.807, 2.05) is 6.92 Å². The zero-order valence-electron chi connectivity index (χ0n) is 15.7. The first-order valence-electron chi connectivity index (χ1n) is 8.88. The number of amides is 2. The standard InChI is InChI=1S/C20H21F3N2O4/c1-2-28-14-7-9-15(10-8-14)29-13-18(26)24-11-12-25-19(27)16-5-3-4-6-17(16)20(21,22)23/h3-10H,2,11-13H2,1H3,(H,24,26)(H,25,27). The zero-order chi connectivity index (χ0) is 21.3. The Bertz CT molecular complexity index is 823. The van der Waals surface area contributed by atoms with Gasteiger partial charge in [0, 0.05) is 13.1 Å². The van der Waals surface area contributed by atoms with Crippen LogP contribution in [-0.4, -0.2) is 38.1 Å². The summed E-state index contributed by atoms with van der Waals surface area (Å²) in [7, 11) is 0. The van der Waals surface area contributed by atoms with Crippen molar-refractivity contribution < 1.29 is 32.2 Å². The average Bonchev–Trinajstić information content (AvgIpc) is 2.70. The van der Waals surface area contributed by atoms with E-state index < -0.39 is 29.1 Å². The lowest BCUT2D eigenvalue weighted by Crippen LogP contribution is -2.37. The number of hydrogen-bond donors (Lipinski definition) is 2. The molecule has 9 heteroatoms. The third-order valence-corrected chi connectivity index (χ3v) is 3.71. The first-order chi connectivity index (χ1) is 13.8. The molecule has 2 aromatic rings. The summed E-state index contributed by atoms with van der Waals surface area (Å²) in [4.78, 5) is 23.7. The lowest BCUT2D eigenvalue weighted by atomic mass is 10.1. The van der Waals surface area contributed by atoms with Gasteiger partial charge in [0.05, 0.1) is 17.7 Å². The zero-order valence-corrected chi connectivity index (χ0v) is 15.7. The van der Waals surface area contributed by atoms with Gasteiger partial charge in [0.25, 0.3) is 11.8 Å². The Hall–Kier alpha value is -3.23. The molecule has 0 aliphatic carbocycles. The molecular formula is C20H21F3N2O4. The second kappa shape index (κ2) is 10.4. The molecule has 0 heterocycles. The van der Waals surface area contributed by atoms with Gasteiger partial charge < -0.3 is 20.1 Å². The number of rotatable bonds is 9. The first kappa shape index (κ1) is 22.1. The third-order valence-electron chi connectivity index (χ3n) is 3.71. The van der Waals surface area contributed by atoms with Crippen LogP contribution >= 0.6 is 0 Å². The Morgan fingerprint density at radius 2 is 1.48 bits per heavy atom. The minimum absolute atomic E-state index is 0.0280. The third kappa shape index (κ3) is 7.02. The predicted octanol–water partition coefficient (Wildman–Crippen LogP) is 3.03. The lowest BCUT2D eigenvalue weighted by Gasteiger charge is -2.13. The monoisotopic (exact) mass is 410 g/mol. The van der Waals surface area contributed by atoms with Crippen LogP contribution in [0.25, 0.3) is 0 Å². The molecule has 2 amide bonds. The normalized spacial score (nSPS) is 10.9. The van der Waals surface area contributed by atoms with E-state index in [4.69, 9.17) is 9.47 Å². The van der Waals surface area contributed by atoms with Crippen LogP contribution in [0.15, 0.2) is 48.5 Å². The molecule has 156 valence electrons. The van der Waals surface area contributed by atoms with Gasteiger partial charge in [0.1, 0.15) is 11.5 Å². The van der Waals surface area contributed by atoms with Crippen molar-refractivity contribution in [3.05, 3.63) is 59.7 Å². The molecule has 6 nitrogen and oxygen atoms in total. The van der Waals surface area contributed by atoms with Crippen LogP contribution in [-0.2, 0) is 11.0 Å². The van der Waals surface area contributed by atoms with Crippen molar-refractivity contribution >= 4 is 11.8 Å². The van der Waals surface area contributed by atoms with Gasteiger partial charge in [-0.1, -0.05) is 12.1 Å². The fourth-order valence-corrected chi connectivity index (χ4v) is 2.40. The summed E-state index contributed by atoms with van der Waals surface area (Å²) >= 11 is 0. The number of nitrogens with one attached hydrogen (secondary N) is 2. The van der Waals surface area contributed by atoms with E-state index in [0.717, 1.165) is 12.1 Å². The first-order valence-corrected chi connectivity index (χ1v) is 8.88. The number of halogens is 3. The molecule has 0 bridgehead atoms. The summed E-state index contributed by atoms with van der Waals surface area (Å²) in [6, 6.07) is 11.3. The quantitative estimate of drug-likeness (QED) is 0.623. The summed E-state index contributed by atoms with van der Waals surface area (Å²) in [5, 5.41) is 4.86. The number of ether oxygens (including phenoxy) is 2. The molecular weight excluding hydrogens is 389 g/mol. The van der Waals surface area contributed by atoms with E-state index in [2.05, 4.69) is 10.6 Å². The molecule has 2 rings (SSSR count). The second-order valence-corrected chi connectivity index (χ2v) is 5.84. The van der Waals surface area contributed by atoms with Crippen LogP contribution < -0.4 is 20.1 Å². The maximum absolute atomic E-state index is 12.9. The minimum atomic E-state index is -4.62. The molecule has 0 spiro atoms. The van der Waals surface area contributed by atoms with E-state index in [1.165, 1.54) is 12.1 Å². The highest BCUT2D eigenvalue weighted by atomic mass is 19.4. The van der Waals surface area contributed by atoms with Crippen LogP contribution in [0.1, 0.15) is 22.8 Å². The number of carbonyl (C=O) groups is 2. The van der Waals surface area contributed by atoms with E-state index in [1.54, 1.807) is 24.3 Å². The van der Waals surface area contributed by atoms with E-state index >= 15 is 0 Å². The van der Waals surface area contributed by atoms with Crippen LogP contribution in [0.3, 0.4) is 0 Å². The Balaban J connectivity index is 1.72. The van der Waals surface area contributed by atoms with E-state index in [-0.39, 0.29) is 19.7 Å². The fourth-order valence-electron chi connectivity index (χ4n) is 2.40. The van der Waals surface area contributed by atoms with Gasteiger partial charge in [0.2, 0.25) is 0 Å². The topological polar surface area (TPSA) is 76.7 Å². The van der Waals surface area contributed by atoms with Crippen LogP contribution in [0, 0.1) is 0 Å². The van der Waals surface area contributed by atoms with E-state index in [9.17, 15) is 22.8 Å². The molecule has 29 heavy (non-hydrogen) atoms. The Morgan fingerprint density at radius 3 is 2.10 bits per heavy atom. The number of benzene rings is 2. The average molecular weight is 410 g/mol. The van der Waals surface area contributed by atoms with Crippen molar-refractivity contribution in [1.29, 1.82) is 0 Å². The molecule has 0 aliphatic rings. The SMILES string of the molecule is CCOc1ccc(OCC(=O)NCCNC(=O)c2ccccc2C(F)(F)F)cc1. The molecule has 0 saturated heterocycles. The summed E-state index contributed by atoms with van der Waals surface area (Å²) < 4.78 is 49.4. The van der Waals surface area contributed by atoms with Gasteiger partial charge in [-0.05, 0) is 43.3 Å². The summed E-state index contributed by atoms with van der Waals surface area (Å²) in [6.45, 7) is 2.19. The largest absolute Gasteiger partial charge is 0.494 e. The molecule has 0 aromatic heterocycles. The van der Waals surface area contributed by atoms with Crippen molar-refractivity contribution in [2.24, 2.45) is 0 Å². The minimum Gasteiger partial charge on any atom is -0.494 e. The predicted molar refractivity (Wildman–Crippen MR) is 99.9 cm³/mol. The van der Waals surface area contributed by atoms with Crippen molar-refractivity contribution in [3.63, 3.8) is 0 Å². The summed E-state index contributed by atoms with van der Waals surface area (Å²) in [5.41, 5.74) is -1.48. The molecule has 0 unspecified atom stereocenters. The molecule has 2 N–H and O–H groups in total.